The Morgan fingerprint density at radius 1 is 1.17 bits per heavy atom. The first kappa shape index (κ1) is 28.4. The third-order valence-electron chi connectivity index (χ3n) is 7.17. The molecule has 3 aromatic rings. The molecule has 1 aliphatic carbocycles. The van der Waals surface area contributed by atoms with Gasteiger partial charge in [0.05, 0.1) is 23.0 Å². The smallest absolute Gasteiger partial charge is 0.383 e. The van der Waals surface area contributed by atoms with E-state index in [-0.39, 0.29) is 40.7 Å². The van der Waals surface area contributed by atoms with Crippen molar-refractivity contribution in [2.24, 2.45) is 5.41 Å². The zero-order chi connectivity index (χ0) is 29.7. The molecule has 216 valence electrons. The highest BCUT2D eigenvalue weighted by Gasteiger charge is 2.67. The van der Waals surface area contributed by atoms with Gasteiger partial charge in [-0.25, -0.2) is 9.37 Å². The van der Waals surface area contributed by atoms with E-state index in [4.69, 9.17) is 0 Å². The van der Waals surface area contributed by atoms with Crippen molar-refractivity contribution < 1.29 is 22.0 Å². The third-order valence-corrected chi connectivity index (χ3v) is 7.17. The van der Waals surface area contributed by atoms with Gasteiger partial charge >= 0.3 is 6.18 Å². The molecule has 13 heteroatoms. The van der Waals surface area contributed by atoms with Crippen LogP contribution in [0.4, 0.5) is 33.3 Å². The lowest BCUT2D eigenvalue weighted by Crippen LogP contribution is -2.52. The van der Waals surface area contributed by atoms with Gasteiger partial charge in [-0.2, -0.15) is 22.8 Å². The second-order valence-electron chi connectivity index (χ2n) is 11.5. The molecule has 0 spiro atoms. The SMILES string of the molecule is Cc1nc(F)ccc1[C@H](Nc1cc(F)c2ncc(C#N)c(NCC(C)(C)C)c2c1)C1=CN(C2(C(F)(F)F)CC2)NN1. The second kappa shape index (κ2) is 10.0. The summed E-state index contributed by atoms with van der Waals surface area (Å²) in [6.07, 6.45) is -1.99. The number of rotatable bonds is 7. The van der Waals surface area contributed by atoms with Crippen LogP contribution >= 0.6 is 0 Å². The largest absolute Gasteiger partial charge is 0.413 e. The van der Waals surface area contributed by atoms with Crippen LogP contribution in [0.15, 0.2) is 42.4 Å². The van der Waals surface area contributed by atoms with E-state index in [1.165, 1.54) is 24.5 Å². The molecule has 0 amide bonds. The van der Waals surface area contributed by atoms with Crippen LogP contribution in [-0.4, -0.2) is 33.2 Å². The lowest BCUT2D eigenvalue weighted by Gasteiger charge is -2.28. The molecule has 0 bridgehead atoms. The molecule has 0 saturated heterocycles. The second-order valence-corrected chi connectivity index (χ2v) is 11.5. The van der Waals surface area contributed by atoms with Crippen molar-refractivity contribution in [2.75, 3.05) is 17.2 Å². The maximum absolute atomic E-state index is 15.4. The molecule has 4 N–H and O–H groups in total. The number of nitriles is 1. The Bertz CT molecular complexity index is 1570. The van der Waals surface area contributed by atoms with E-state index in [9.17, 15) is 22.8 Å². The molecule has 1 aromatic carbocycles. The number of aromatic nitrogens is 2. The number of nitrogens with one attached hydrogen (secondary N) is 4. The van der Waals surface area contributed by atoms with Gasteiger partial charge in [0, 0.05) is 41.3 Å². The van der Waals surface area contributed by atoms with Crippen molar-refractivity contribution in [1.29, 1.82) is 5.26 Å². The molecule has 3 heterocycles. The van der Waals surface area contributed by atoms with Gasteiger partial charge in [-0.15, -0.1) is 5.53 Å². The highest BCUT2D eigenvalue weighted by molar-refractivity contribution is 5.96. The first-order valence-corrected chi connectivity index (χ1v) is 13.0. The number of hydrogen-bond donors (Lipinski definition) is 4. The van der Waals surface area contributed by atoms with Gasteiger partial charge in [0.2, 0.25) is 5.95 Å². The summed E-state index contributed by atoms with van der Waals surface area (Å²) in [6.45, 7) is 8.09. The fraction of sp³-hybridized carbons (Fsp3) is 0.393. The number of aryl methyl sites for hydroxylation is 1. The van der Waals surface area contributed by atoms with Crippen molar-refractivity contribution >= 4 is 22.3 Å². The van der Waals surface area contributed by atoms with Crippen LogP contribution in [0.5, 0.6) is 0 Å². The molecule has 1 aliphatic heterocycles. The van der Waals surface area contributed by atoms with Crippen LogP contribution in [0.2, 0.25) is 0 Å². The molecule has 5 rings (SSSR count). The Balaban J connectivity index is 1.58. The third kappa shape index (κ3) is 5.44. The predicted octanol–water partition coefficient (Wildman–Crippen LogP) is 5.96. The van der Waals surface area contributed by atoms with Crippen molar-refractivity contribution in [3.8, 4) is 6.07 Å². The number of pyridine rings is 2. The first-order chi connectivity index (χ1) is 19.2. The van der Waals surface area contributed by atoms with Gasteiger partial charge in [-0.05, 0) is 43.4 Å². The van der Waals surface area contributed by atoms with E-state index in [1.807, 2.05) is 20.8 Å². The summed E-state index contributed by atoms with van der Waals surface area (Å²) in [5.74, 6) is -1.38. The van der Waals surface area contributed by atoms with Crippen LogP contribution < -0.4 is 21.6 Å². The average Bonchev–Trinajstić information content (AvgIpc) is 3.57. The minimum atomic E-state index is -4.46. The van der Waals surface area contributed by atoms with E-state index < -0.39 is 29.5 Å². The zero-order valence-corrected chi connectivity index (χ0v) is 22.8. The van der Waals surface area contributed by atoms with Gasteiger partial charge in [-0.1, -0.05) is 26.8 Å². The van der Waals surface area contributed by atoms with Gasteiger partial charge < -0.3 is 16.1 Å². The Morgan fingerprint density at radius 3 is 2.51 bits per heavy atom. The van der Waals surface area contributed by atoms with Crippen LogP contribution in [0.25, 0.3) is 10.9 Å². The van der Waals surface area contributed by atoms with E-state index >= 15 is 4.39 Å². The molecule has 8 nitrogen and oxygen atoms in total. The van der Waals surface area contributed by atoms with E-state index in [0.29, 0.717) is 28.9 Å². The molecule has 2 aliphatic rings. The molecule has 1 atom stereocenters. The fourth-order valence-electron chi connectivity index (χ4n) is 4.79. The highest BCUT2D eigenvalue weighted by Crippen LogP contribution is 2.53. The Morgan fingerprint density at radius 2 is 1.90 bits per heavy atom. The predicted molar refractivity (Wildman–Crippen MR) is 144 cm³/mol. The molecule has 41 heavy (non-hydrogen) atoms. The lowest BCUT2D eigenvalue weighted by atomic mass is 9.96. The molecule has 2 aromatic heterocycles. The van der Waals surface area contributed by atoms with Gasteiger partial charge in [0.1, 0.15) is 11.6 Å². The van der Waals surface area contributed by atoms with Gasteiger partial charge in [-0.3, -0.25) is 9.99 Å². The molecular weight excluding hydrogens is 543 g/mol. The number of hydrogen-bond acceptors (Lipinski definition) is 8. The maximum Gasteiger partial charge on any atom is 0.413 e. The summed E-state index contributed by atoms with van der Waals surface area (Å²) in [5.41, 5.74) is 5.19. The summed E-state index contributed by atoms with van der Waals surface area (Å²) in [6, 6.07) is 6.67. The summed E-state index contributed by atoms with van der Waals surface area (Å²) in [5, 5.41) is 17.5. The van der Waals surface area contributed by atoms with Crippen LogP contribution in [0, 0.1) is 35.4 Å². The standard InChI is InChI=1S/C28H29F5N8/c1-15-18(5-6-22(30)37-15)25(21-13-41(40-39-21)27(7-8-27)28(31,32)33)38-17-9-19-23(36-14-26(2,3)4)16(11-34)12-35-24(19)20(29)10-17/h5-6,9-10,12-13,25,38-40H,7-8,14H2,1-4H3,(H,35,36)/t25-/m0/s1. The van der Waals surface area contributed by atoms with Crippen molar-refractivity contribution in [1.82, 2.24) is 25.9 Å². The quantitative estimate of drug-likeness (QED) is 0.203. The summed E-state index contributed by atoms with van der Waals surface area (Å²) in [4.78, 5) is 8.01. The van der Waals surface area contributed by atoms with Crippen molar-refractivity contribution in [2.45, 2.75) is 58.3 Å². The molecular formula is C28H29F5N8. The molecule has 1 saturated carbocycles. The highest BCUT2D eigenvalue weighted by atomic mass is 19.4. The lowest BCUT2D eigenvalue weighted by molar-refractivity contribution is -0.195. The van der Waals surface area contributed by atoms with Gasteiger partial charge in [0.25, 0.3) is 0 Å². The normalized spacial score (nSPS) is 17.1. The van der Waals surface area contributed by atoms with E-state index in [2.05, 4.69) is 37.6 Å². The van der Waals surface area contributed by atoms with Crippen molar-refractivity contribution in [3.05, 3.63) is 70.9 Å². The molecule has 0 radical (unpaired) electrons. The number of halogens is 5. The first-order valence-electron chi connectivity index (χ1n) is 13.0. The molecule has 0 unspecified atom stereocenters. The number of fused-ring (bicyclic) bond motifs is 1. The van der Waals surface area contributed by atoms with Crippen LogP contribution in [0.3, 0.4) is 0 Å². The minimum absolute atomic E-state index is 0.0500. The Hall–Kier alpha value is -4.18. The minimum Gasteiger partial charge on any atom is -0.383 e. The number of nitrogens with zero attached hydrogens (tertiary/aromatic N) is 4. The maximum atomic E-state index is 15.4. The topological polar surface area (TPSA) is 101 Å². The summed E-state index contributed by atoms with van der Waals surface area (Å²) >= 11 is 0. The van der Waals surface area contributed by atoms with E-state index in [1.54, 1.807) is 13.0 Å². The number of alkyl halides is 3. The fourth-order valence-corrected chi connectivity index (χ4v) is 4.79. The van der Waals surface area contributed by atoms with Crippen LogP contribution in [0.1, 0.15) is 56.5 Å². The Labute approximate surface area is 233 Å². The summed E-state index contributed by atoms with van der Waals surface area (Å²) < 4.78 is 70.7. The molecule has 1 fully saturated rings. The monoisotopic (exact) mass is 572 g/mol. The van der Waals surface area contributed by atoms with Crippen molar-refractivity contribution in [3.63, 3.8) is 0 Å². The zero-order valence-electron chi connectivity index (χ0n) is 22.8. The van der Waals surface area contributed by atoms with E-state index in [0.717, 1.165) is 11.1 Å². The average molecular weight is 573 g/mol. The summed E-state index contributed by atoms with van der Waals surface area (Å²) in [7, 11) is 0. The number of benzene rings is 1. The number of anilines is 2. The number of hydrazine groups is 2. The van der Waals surface area contributed by atoms with Gasteiger partial charge in [0.15, 0.2) is 11.4 Å². The van der Waals surface area contributed by atoms with Crippen LogP contribution in [-0.2, 0) is 0 Å². The Kier molecular flexibility index (Phi) is 6.93.